The van der Waals surface area contributed by atoms with Crippen LogP contribution < -0.4 is 0 Å². The lowest BCUT2D eigenvalue weighted by Gasteiger charge is -2.32. The van der Waals surface area contributed by atoms with Gasteiger partial charge in [-0.15, -0.1) is 0 Å². The van der Waals surface area contributed by atoms with Crippen LogP contribution in [-0.2, 0) is 4.74 Å². The molecule has 1 fully saturated rings. The van der Waals surface area contributed by atoms with Gasteiger partial charge >= 0.3 is 0 Å². The van der Waals surface area contributed by atoms with Gasteiger partial charge in [-0.25, -0.2) is 0 Å². The number of unbranched alkanes of at least 4 members (excludes halogenated alkanes) is 5. The quantitative estimate of drug-likeness (QED) is 0.199. The Kier molecular flexibility index (Phi) is 17.4. The van der Waals surface area contributed by atoms with Gasteiger partial charge in [0.25, 0.3) is 0 Å². The molecule has 0 aromatic rings. The SMILES string of the molecule is CCCCCCC(CCCC)CCCOC1CCN(CCCCC(C)CC)CC1. The zero-order valence-corrected chi connectivity index (χ0v) is 20.7. The summed E-state index contributed by atoms with van der Waals surface area (Å²) in [4.78, 5) is 2.67. The third-order valence-corrected chi connectivity index (χ3v) is 7.19. The van der Waals surface area contributed by atoms with Crippen LogP contribution in [0, 0.1) is 11.8 Å². The third-order valence-electron chi connectivity index (χ3n) is 7.19. The Morgan fingerprint density at radius 1 is 0.759 bits per heavy atom. The summed E-state index contributed by atoms with van der Waals surface area (Å²) in [5.41, 5.74) is 0. The largest absolute Gasteiger partial charge is 0.378 e. The van der Waals surface area contributed by atoms with Crippen molar-refractivity contribution in [3.8, 4) is 0 Å². The summed E-state index contributed by atoms with van der Waals surface area (Å²) in [5.74, 6) is 1.86. The molecule has 0 saturated carbocycles. The van der Waals surface area contributed by atoms with Crippen molar-refractivity contribution in [3.05, 3.63) is 0 Å². The second kappa shape index (κ2) is 18.7. The third kappa shape index (κ3) is 14.5. The van der Waals surface area contributed by atoms with Crippen LogP contribution in [0.4, 0.5) is 0 Å². The predicted octanol–water partition coefficient (Wildman–Crippen LogP) is 8.24. The molecule has 0 aromatic carbocycles. The molecule has 174 valence electrons. The number of ether oxygens (including phenoxy) is 1. The number of rotatable bonds is 19. The van der Waals surface area contributed by atoms with Crippen molar-refractivity contribution in [2.75, 3.05) is 26.2 Å². The van der Waals surface area contributed by atoms with Gasteiger partial charge < -0.3 is 9.64 Å². The minimum atomic E-state index is 0.532. The number of piperidine rings is 1. The summed E-state index contributed by atoms with van der Waals surface area (Å²) >= 11 is 0. The molecule has 2 heteroatoms. The summed E-state index contributed by atoms with van der Waals surface area (Å²) < 4.78 is 6.27. The summed E-state index contributed by atoms with van der Waals surface area (Å²) in [6, 6.07) is 0. The first-order chi connectivity index (χ1) is 14.2. The Labute approximate surface area is 184 Å². The Morgan fingerprint density at radius 2 is 1.41 bits per heavy atom. The lowest BCUT2D eigenvalue weighted by molar-refractivity contribution is 0.00434. The molecule has 1 saturated heterocycles. The summed E-state index contributed by atoms with van der Waals surface area (Å²) in [6.45, 7) is 14.2. The van der Waals surface area contributed by atoms with Gasteiger partial charge in [0.15, 0.2) is 0 Å². The number of likely N-dealkylation sites (tertiary alicyclic amines) is 1. The molecule has 0 radical (unpaired) electrons. The lowest BCUT2D eigenvalue weighted by atomic mass is 9.91. The van der Waals surface area contributed by atoms with E-state index in [2.05, 4.69) is 32.6 Å². The van der Waals surface area contributed by atoms with Gasteiger partial charge in [-0.1, -0.05) is 98.3 Å². The Balaban J connectivity index is 2.06. The maximum absolute atomic E-state index is 6.27. The van der Waals surface area contributed by atoms with Crippen molar-refractivity contribution in [1.29, 1.82) is 0 Å². The van der Waals surface area contributed by atoms with Crippen molar-refractivity contribution < 1.29 is 4.74 Å². The van der Waals surface area contributed by atoms with Gasteiger partial charge in [-0.2, -0.15) is 0 Å². The molecular formula is C27H55NO. The zero-order valence-electron chi connectivity index (χ0n) is 20.7. The molecule has 1 heterocycles. The van der Waals surface area contributed by atoms with Crippen molar-refractivity contribution in [1.82, 2.24) is 4.90 Å². The number of hydrogen-bond acceptors (Lipinski definition) is 2. The predicted molar refractivity (Wildman–Crippen MR) is 130 cm³/mol. The van der Waals surface area contributed by atoms with E-state index in [9.17, 15) is 0 Å². The van der Waals surface area contributed by atoms with E-state index >= 15 is 0 Å². The summed E-state index contributed by atoms with van der Waals surface area (Å²) in [6.07, 6.45) is 22.5. The monoisotopic (exact) mass is 409 g/mol. The van der Waals surface area contributed by atoms with Crippen LogP contribution in [0.3, 0.4) is 0 Å². The average molecular weight is 410 g/mol. The van der Waals surface area contributed by atoms with E-state index in [-0.39, 0.29) is 0 Å². The van der Waals surface area contributed by atoms with E-state index < -0.39 is 0 Å². The Morgan fingerprint density at radius 3 is 2.10 bits per heavy atom. The summed E-state index contributed by atoms with van der Waals surface area (Å²) in [7, 11) is 0. The molecule has 0 aliphatic carbocycles. The van der Waals surface area contributed by atoms with Crippen LogP contribution in [0.1, 0.15) is 130 Å². The first-order valence-corrected chi connectivity index (χ1v) is 13.5. The molecule has 0 amide bonds. The van der Waals surface area contributed by atoms with Crippen LogP contribution in [0.5, 0.6) is 0 Å². The van der Waals surface area contributed by atoms with E-state index in [0.29, 0.717) is 6.10 Å². The van der Waals surface area contributed by atoms with Crippen LogP contribution in [0.25, 0.3) is 0 Å². The second-order valence-corrected chi connectivity index (χ2v) is 9.92. The van der Waals surface area contributed by atoms with E-state index in [0.717, 1.165) is 18.4 Å². The molecule has 0 bridgehead atoms. The lowest BCUT2D eigenvalue weighted by Crippen LogP contribution is -2.37. The second-order valence-electron chi connectivity index (χ2n) is 9.92. The fourth-order valence-electron chi connectivity index (χ4n) is 4.74. The van der Waals surface area contributed by atoms with Gasteiger partial charge in [0.2, 0.25) is 0 Å². The molecule has 29 heavy (non-hydrogen) atoms. The van der Waals surface area contributed by atoms with Crippen molar-refractivity contribution in [3.63, 3.8) is 0 Å². The number of nitrogens with zero attached hydrogens (tertiary/aromatic N) is 1. The highest BCUT2D eigenvalue weighted by atomic mass is 16.5. The van der Waals surface area contributed by atoms with E-state index in [1.165, 1.54) is 122 Å². The van der Waals surface area contributed by atoms with E-state index in [1.807, 2.05) is 0 Å². The molecule has 2 atom stereocenters. The topological polar surface area (TPSA) is 12.5 Å². The van der Waals surface area contributed by atoms with Crippen LogP contribution in [0.15, 0.2) is 0 Å². The van der Waals surface area contributed by atoms with Gasteiger partial charge in [0, 0.05) is 19.7 Å². The maximum atomic E-state index is 6.27. The molecule has 1 aliphatic rings. The van der Waals surface area contributed by atoms with Crippen LogP contribution in [0.2, 0.25) is 0 Å². The molecule has 0 spiro atoms. The van der Waals surface area contributed by atoms with Crippen molar-refractivity contribution >= 4 is 0 Å². The van der Waals surface area contributed by atoms with Crippen molar-refractivity contribution in [2.24, 2.45) is 11.8 Å². The first-order valence-electron chi connectivity index (χ1n) is 13.5. The molecular weight excluding hydrogens is 354 g/mol. The fourth-order valence-corrected chi connectivity index (χ4v) is 4.74. The molecule has 1 aliphatic heterocycles. The minimum absolute atomic E-state index is 0.532. The number of hydrogen-bond donors (Lipinski definition) is 0. The molecule has 1 rings (SSSR count). The first kappa shape index (κ1) is 27.0. The fraction of sp³-hybridized carbons (Fsp3) is 1.00. The maximum Gasteiger partial charge on any atom is 0.0599 e. The van der Waals surface area contributed by atoms with Gasteiger partial charge in [0.1, 0.15) is 0 Å². The molecule has 2 unspecified atom stereocenters. The molecule has 2 nitrogen and oxygen atoms in total. The van der Waals surface area contributed by atoms with Crippen LogP contribution in [-0.4, -0.2) is 37.2 Å². The van der Waals surface area contributed by atoms with E-state index in [1.54, 1.807) is 0 Å². The van der Waals surface area contributed by atoms with Crippen LogP contribution >= 0.6 is 0 Å². The highest BCUT2D eigenvalue weighted by Gasteiger charge is 2.19. The van der Waals surface area contributed by atoms with E-state index in [4.69, 9.17) is 4.74 Å². The zero-order chi connectivity index (χ0) is 21.2. The highest BCUT2D eigenvalue weighted by molar-refractivity contribution is 4.73. The van der Waals surface area contributed by atoms with Gasteiger partial charge in [-0.05, 0) is 50.5 Å². The summed E-state index contributed by atoms with van der Waals surface area (Å²) in [5, 5.41) is 0. The Hall–Kier alpha value is -0.0800. The van der Waals surface area contributed by atoms with Gasteiger partial charge in [-0.3, -0.25) is 0 Å². The van der Waals surface area contributed by atoms with Crippen molar-refractivity contribution in [2.45, 2.75) is 137 Å². The molecule has 0 N–H and O–H groups in total. The normalized spacial score (nSPS) is 18.2. The Bertz CT molecular complexity index is 337. The average Bonchev–Trinajstić information content (AvgIpc) is 2.75. The highest BCUT2D eigenvalue weighted by Crippen LogP contribution is 2.23. The van der Waals surface area contributed by atoms with Gasteiger partial charge in [0.05, 0.1) is 6.10 Å². The smallest absolute Gasteiger partial charge is 0.0599 e. The molecule has 0 aromatic heterocycles. The minimum Gasteiger partial charge on any atom is -0.378 e. The standard InChI is InChI=1S/C27H55NO/c1-5-8-10-11-17-26(16-9-6-2)18-14-24-29-27-19-22-28(23-20-27)21-13-12-15-25(4)7-3/h25-27H,5-24H2,1-4H3.